The Balaban J connectivity index is -0.00000233. The number of hydrogen-bond donors (Lipinski definition) is 1. The largest absolute Gasteiger partial charge is 0.355 e. The predicted molar refractivity (Wildman–Crippen MR) is 159 cm³/mol. The van der Waals surface area contributed by atoms with Gasteiger partial charge in [0.05, 0.1) is 12.1 Å². The lowest BCUT2D eigenvalue weighted by atomic mass is 10.2. The van der Waals surface area contributed by atoms with Gasteiger partial charge in [0.25, 0.3) is 0 Å². The summed E-state index contributed by atoms with van der Waals surface area (Å²) < 4.78 is 0. The van der Waals surface area contributed by atoms with E-state index in [9.17, 15) is 9.59 Å². The summed E-state index contributed by atoms with van der Waals surface area (Å²) in [6.45, 7) is 19.3. The third-order valence-corrected chi connectivity index (χ3v) is 4.69. The fourth-order valence-electron chi connectivity index (χ4n) is 3.05. The third kappa shape index (κ3) is 17.0. The monoisotopic (exact) mass is 516 g/mol. The van der Waals surface area contributed by atoms with Gasteiger partial charge in [-0.1, -0.05) is 45.6 Å². The number of hydrogen-bond acceptors (Lipinski definition) is 6. The number of anilines is 1. The second kappa shape index (κ2) is 23.2. The minimum absolute atomic E-state index is 0. The van der Waals surface area contributed by atoms with Crippen LogP contribution in [-0.4, -0.2) is 85.4 Å². The Morgan fingerprint density at radius 1 is 1.14 bits per heavy atom. The fourth-order valence-corrected chi connectivity index (χ4v) is 3.05. The van der Waals surface area contributed by atoms with Gasteiger partial charge in [0.2, 0.25) is 11.8 Å². The van der Waals surface area contributed by atoms with E-state index in [1.54, 1.807) is 19.3 Å². The predicted octanol–water partition coefficient (Wildman–Crippen LogP) is 4.31. The third-order valence-electron chi connectivity index (χ3n) is 4.69. The number of nitrogens with zero attached hydrogens (tertiary/aromatic N) is 5. The number of aromatic nitrogens is 2. The SMILES string of the molecule is C=C.CC.CCCN(CCC)c1nc(C)ncc1C#CCCCNC(=O)CN(C)C(=O)/C=C/CN(C)C.[HH]. The molecule has 1 aromatic rings. The van der Waals surface area contributed by atoms with E-state index in [1.165, 1.54) is 11.0 Å². The highest BCUT2D eigenvalue weighted by molar-refractivity contribution is 5.91. The van der Waals surface area contributed by atoms with Gasteiger partial charge in [-0.15, -0.1) is 13.2 Å². The first-order valence-electron chi connectivity index (χ1n) is 13.2. The number of aryl methyl sites for hydroxylation is 1. The van der Waals surface area contributed by atoms with Crippen LogP contribution < -0.4 is 10.2 Å². The standard InChI is InChI=1S/C25H40N6O2.C2H6.C2H4.H2/c1-7-16-31(17-8-2)25-22(19-27-21(3)28-25)13-10-9-11-15-26-23(32)20-30(6)24(33)14-12-18-29(4)5;2*1-2;/h12,14,19H,7-9,11,15-18,20H2,1-6H3,(H,26,32);1-2H3;1-2H2;1H/b14-12+;;;. The molecule has 1 heterocycles. The topological polar surface area (TPSA) is 81.7 Å². The number of unbranched alkanes of at least 4 members (excludes halogenated alkanes) is 1. The number of nitrogens with one attached hydrogen (secondary N) is 1. The van der Waals surface area contributed by atoms with Gasteiger partial charge in [0.1, 0.15) is 11.6 Å². The van der Waals surface area contributed by atoms with Gasteiger partial charge in [-0.3, -0.25) is 9.59 Å². The van der Waals surface area contributed by atoms with Crippen LogP contribution in [0.3, 0.4) is 0 Å². The second-order valence-electron chi connectivity index (χ2n) is 8.26. The van der Waals surface area contributed by atoms with Crippen LogP contribution in [0.15, 0.2) is 31.5 Å². The van der Waals surface area contributed by atoms with E-state index in [1.807, 2.05) is 39.8 Å². The van der Waals surface area contributed by atoms with Crippen LogP contribution in [0.25, 0.3) is 0 Å². The number of carbonyl (C=O) groups is 2. The molecule has 8 nitrogen and oxygen atoms in total. The molecular weight excluding hydrogens is 464 g/mol. The maximum Gasteiger partial charge on any atom is 0.246 e. The van der Waals surface area contributed by atoms with E-state index >= 15 is 0 Å². The van der Waals surface area contributed by atoms with Crippen molar-refractivity contribution in [2.45, 2.75) is 60.3 Å². The van der Waals surface area contributed by atoms with Crippen LogP contribution in [0.4, 0.5) is 5.82 Å². The molecule has 0 aromatic carbocycles. The molecule has 0 atom stereocenters. The first-order chi connectivity index (χ1) is 17.8. The van der Waals surface area contributed by atoms with E-state index < -0.39 is 0 Å². The average molecular weight is 517 g/mol. The molecule has 0 spiro atoms. The van der Waals surface area contributed by atoms with Crippen LogP contribution >= 0.6 is 0 Å². The molecule has 0 radical (unpaired) electrons. The molecule has 0 saturated heterocycles. The lowest BCUT2D eigenvalue weighted by Crippen LogP contribution is -2.38. The number of likely N-dealkylation sites (N-methyl/N-ethyl adjacent to an activating group) is 2. The van der Waals surface area contributed by atoms with E-state index in [2.05, 4.69) is 59.0 Å². The van der Waals surface area contributed by atoms with Crippen molar-refractivity contribution in [1.29, 1.82) is 0 Å². The Morgan fingerprint density at radius 2 is 1.76 bits per heavy atom. The Hall–Kier alpha value is -3.18. The summed E-state index contributed by atoms with van der Waals surface area (Å²) in [6.07, 6.45) is 8.54. The van der Waals surface area contributed by atoms with Crippen molar-refractivity contribution in [3.05, 3.63) is 42.9 Å². The van der Waals surface area contributed by atoms with Gasteiger partial charge in [-0.2, -0.15) is 0 Å². The Bertz CT molecular complexity index is 858. The number of amides is 2. The van der Waals surface area contributed by atoms with Crippen molar-refractivity contribution in [2.75, 3.05) is 58.8 Å². The summed E-state index contributed by atoms with van der Waals surface area (Å²) in [6, 6.07) is 0. The van der Waals surface area contributed by atoms with Crippen molar-refractivity contribution in [3.63, 3.8) is 0 Å². The molecule has 1 N–H and O–H groups in total. The normalized spacial score (nSPS) is 9.86. The Morgan fingerprint density at radius 3 is 2.32 bits per heavy atom. The van der Waals surface area contributed by atoms with Crippen LogP contribution in [-0.2, 0) is 9.59 Å². The van der Waals surface area contributed by atoms with Crippen LogP contribution in [0, 0.1) is 18.8 Å². The van der Waals surface area contributed by atoms with Crippen molar-refractivity contribution >= 4 is 17.6 Å². The molecular formula is C29H52N6O2. The average Bonchev–Trinajstić information content (AvgIpc) is 2.88. The molecule has 0 unspecified atom stereocenters. The van der Waals surface area contributed by atoms with Gasteiger partial charge in [0, 0.05) is 53.3 Å². The summed E-state index contributed by atoms with van der Waals surface area (Å²) in [4.78, 5) is 38.6. The van der Waals surface area contributed by atoms with Crippen molar-refractivity contribution < 1.29 is 11.0 Å². The zero-order valence-corrected chi connectivity index (χ0v) is 24.6. The Kier molecular flexibility index (Phi) is 22.6. The van der Waals surface area contributed by atoms with E-state index in [0.717, 1.165) is 49.6 Å². The molecule has 0 aliphatic carbocycles. The molecule has 0 aliphatic rings. The van der Waals surface area contributed by atoms with Crippen molar-refractivity contribution in [1.82, 2.24) is 25.1 Å². The van der Waals surface area contributed by atoms with E-state index in [-0.39, 0.29) is 19.8 Å². The molecule has 8 heteroatoms. The zero-order chi connectivity index (χ0) is 28.6. The molecule has 0 saturated carbocycles. The first-order valence-corrected chi connectivity index (χ1v) is 13.2. The molecule has 210 valence electrons. The van der Waals surface area contributed by atoms with Gasteiger partial charge < -0.3 is 20.0 Å². The molecule has 0 aliphatic heterocycles. The highest BCUT2D eigenvalue weighted by atomic mass is 16.2. The van der Waals surface area contributed by atoms with Gasteiger partial charge in [-0.25, -0.2) is 9.97 Å². The lowest BCUT2D eigenvalue weighted by molar-refractivity contribution is -0.131. The first kappa shape index (κ1) is 36.0. The van der Waals surface area contributed by atoms with Gasteiger partial charge in [0.15, 0.2) is 0 Å². The van der Waals surface area contributed by atoms with E-state index in [0.29, 0.717) is 19.5 Å². The van der Waals surface area contributed by atoms with Crippen molar-refractivity contribution in [2.24, 2.45) is 0 Å². The molecule has 1 aromatic heterocycles. The molecule has 2 amide bonds. The minimum Gasteiger partial charge on any atom is -0.355 e. The summed E-state index contributed by atoms with van der Waals surface area (Å²) in [5.41, 5.74) is 0.842. The van der Waals surface area contributed by atoms with Gasteiger partial charge >= 0.3 is 0 Å². The lowest BCUT2D eigenvalue weighted by Gasteiger charge is -2.23. The molecule has 1 rings (SSSR count). The maximum absolute atomic E-state index is 12.1. The van der Waals surface area contributed by atoms with E-state index in [4.69, 9.17) is 0 Å². The summed E-state index contributed by atoms with van der Waals surface area (Å²) >= 11 is 0. The number of rotatable bonds is 13. The summed E-state index contributed by atoms with van der Waals surface area (Å²) in [5, 5.41) is 2.85. The second-order valence-corrected chi connectivity index (χ2v) is 8.26. The minimum atomic E-state index is -0.186. The van der Waals surface area contributed by atoms with Crippen LogP contribution in [0.1, 0.15) is 66.2 Å². The molecule has 37 heavy (non-hydrogen) atoms. The Labute approximate surface area is 227 Å². The van der Waals surface area contributed by atoms with Crippen molar-refractivity contribution in [3.8, 4) is 11.8 Å². The highest BCUT2D eigenvalue weighted by Crippen LogP contribution is 2.17. The molecule has 0 fully saturated rings. The quantitative estimate of drug-likeness (QED) is 0.182. The van der Waals surface area contributed by atoms with Crippen LogP contribution in [0.5, 0.6) is 0 Å². The smallest absolute Gasteiger partial charge is 0.246 e. The number of carbonyl (C=O) groups excluding carboxylic acids is 2. The maximum atomic E-state index is 12.1. The highest BCUT2D eigenvalue weighted by Gasteiger charge is 2.12. The fraction of sp³-hybridized carbons (Fsp3) is 0.586. The molecule has 0 bridgehead atoms. The summed E-state index contributed by atoms with van der Waals surface area (Å²) in [5.74, 6) is 7.67. The van der Waals surface area contributed by atoms with Crippen LogP contribution in [0.2, 0.25) is 0 Å². The zero-order valence-electron chi connectivity index (χ0n) is 24.6. The summed E-state index contributed by atoms with van der Waals surface area (Å²) in [7, 11) is 5.48. The van der Waals surface area contributed by atoms with Gasteiger partial charge in [-0.05, 0) is 40.3 Å².